The predicted molar refractivity (Wildman–Crippen MR) is 105 cm³/mol. The van der Waals surface area contributed by atoms with Crippen molar-refractivity contribution in [1.29, 1.82) is 0 Å². The normalized spacial score (nSPS) is 10.9. The summed E-state index contributed by atoms with van der Waals surface area (Å²) in [6, 6.07) is 13.2. The zero-order valence-corrected chi connectivity index (χ0v) is 15.6. The van der Waals surface area contributed by atoms with E-state index in [1.165, 1.54) is 0 Å². The molecule has 3 N–H and O–H groups in total. The molecule has 0 unspecified atom stereocenters. The van der Waals surface area contributed by atoms with Gasteiger partial charge < -0.3 is 15.6 Å². The maximum absolute atomic E-state index is 11.7. The van der Waals surface area contributed by atoms with Gasteiger partial charge in [-0.25, -0.2) is 4.99 Å². The number of aromatic nitrogens is 1. The Morgan fingerprint density at radius 3 is 2.52 bits per heavy atom. The van der Waals surface area contributed by atoms with E-state index in [0.29, 0.717) is 19.0 Å². The Kier molecular flexibility index (Phi) is 8.39. The van der Waals surface area contributed by atoms with Crippen molar-refractivity contribution in [2.75, 3.05) is 6.54 Å². The second-order valence-corrected chi connectivity index (χ2v) is 5.11. The average Bonchev–Trinajstić information content (AvgIpc) is 2.54. The summed E-state index contributed by atoms with van der Waals surface area (Å²) in [4.78, 5) is 16.0. The summed E-state index contributed by atoms with van der Waals surface area (Å²) < 4.78 is 1.68. The molecule has 0 atom stereocenters. The number of hydrogen-bond acceptors (Lipinski definition) is 2. The lowest BCUT2D eigenvalue weighted by Gasteiger charge is -2.06. The van der Waals surface area contributed by atoms with Crippen molar-refractivity contribution in [2.45, 2.75) is 26.4 Å². The van der Waals surface area contributed by atoms with E-state index < -0.39 is 0 Å². The van der Waals surface area contributed by atoms with Crippen LogP contribution < -0.4 is 16.6 Å². The zero-order valence-electron chi connectivity index (χ0n) is 13.2. The van der Waals surface area contributed by atoms with Crippen LogP contribution in [-0.4, -0.2) is 17.1 Å². The van der Waals surface area contributed by atoms with Gasteiger partial charge in [0.05, 0.1) is 13.1 Å². The molecule has 0 aliphatic carbocycles. The van der Waals surface area contributed by atoms with Crippen LogP contribution in [0.2, 0.25) is 0 Å². The standard InChI is InChI=1S/C17H22N4O.HI/c1-2-10-19-17(18)20-12-14-6-8-15(9-7-14)13-21-11-4-3-5-16(21)22;/h3-9,11H,2,10,12-13H2,1H3,(H3,18,19,20);1H. The lowest BCUT2D eigenvalue weighted by Crippen LogP contribution is -2.32. The molecule has 0 aliphatic heterocycles. The van der Waals surface area contributed by atoms with Gasteiger partial charge in [0, 0.05) is 18.8 Å². The second-order valence-electron chi connectivity index (χ2n) is 5.11. The Labute approximate surface area is 153 Å². The second kappa shape index (κ2) is 10.0. The highest BCUT2D eigenvalue weighted by atomic mass is 127. The van der Waals surface area contributed by atoms with Crippen LogP contribution in [0, 0.1) is 0 Å². The van der Waals surface area contributed by atoms with Crippen LogP contribution in [0.15, 0.2) is 58.4 Å². The predicted octanol–water partition coefficient (Wildman–Crippen LogP) is 2.33. The van der Waals surface area contributed by atoms with Crippen LogP contribution in [0.1, 0.15) is 24.5 Å². The molecule has 0 saturated heterocycles. The van der Waals surface area contributed by atoms with Crippen LogP contribution in [0.4, 0.5) is 0 Å². The highest BCUT2D eigenvalue weighted by molar-refractivity contribution is 14.0. The molecule has 1 aromatic heterocycles. The molecule has 1 heterocycles. The number of nitrogens with two attached hydrogens (primary N) is 1. The summed E-state index contributed by atoms with van der Waals surface area (Å²) in [5, 5.41) is 3.04. The zero-order chi connectivity index (χ0) is 15.8. The summed E-state index contributed by atoms with van der Waals surface area (Å²) in [5.74, 6) is 0.474. The molecule has 0 saturated carbocycles. The van der Waals surface area contributed by atoms with Crippen LogP contribution in [0.5, 0.6) is 0 Å². The number of rotatable bonds is 6. The van der Waals surface area contributed by atoms with E-state index in [-0.39, 0.29) is 29.5 Å². The Bertz CT molecular complexity index is 679. The van der Waals surface area contributed by atoms with Gasteiger partial charge in [-0.1, -0.05) is 37.3 Å². The van der Waals surface area contributed by atoms with Gasteiger partial charge in [-0.15, -0.1) is 24.0 Å². The summed E-state index contributed by atoms with van der Waals surface area (Å²) in [6.07, 6.45) is 2.81. The molecular weight excluding hydrogens is 403 g/mol. The lowest BCUT2D eigenvalue weighted by atomic mass is 10.1. The van der Waals surface area contributed by atoms with Crippen molar-refractivity contribution < 1.29 is 0 Å². The molecule has 0 spiro atoms. The number of nitrogens with zero attached hydrogens (tertiary/aromatic N) is 2. The number of benzene rings is 1. The first-order chi connectivity index (χ1) is 10.7. The molecule has 0 fully saturated rings. The van der Waals surface area contributed by atoms with Crippen molar-refractivity contribution in [3.8, 4) is 0 Å². The minimum atomic E-state index is 0. The number of pyridine rings is 1. The van der Waals surface area contributed by atoms with Crippen LogP contribution in [-0.2, 0) is 13.1 Å². The Hall–Kier alpha value is -1.83. The SMILES string of the molecule is CCCNC(N)=NCc1ccc(Cn2ccccc2=O)cc1.I. The molecule has 6 heteroatoms. The third kappa shape index (κ3) is 6.43. The van der Waals surface area contributed by atoms with Gasteiger partial charge in [0.15, 0.2) is 5.96 Å². The first kappa shape index (κ1) is 19.2. The maximum Gasteiger partial charge on any atom is 0.250 e. The maximum atomic E-state index is 11.7. The highest BCUT2D eigenvalue weighted by Crippen LogP contribution is 2.06. The van der Waals surface area contributed by atoms with Crippen molar-refractivity contribution in [3.05, 3.63) is 70.1 Å². The minimum Gasteiger partial charge on any atom is -0.370 e. The fourth-order valence-electron chi connectivity index (χ4n) is 2.02. The molecule has 0 aliphatic rings. The van der Waals surface area contributed by atoms with E-state index in [1.54, 1.807) is 22.9 Å². The minimum absolute atomic E-state index is 0. The van der Waals surface area contributed by atoms with Crippen molar-refractivity contribution in [1.82, 2.24) is 9.88 Å². The molecular formula is C17H23IN4O. The quantitative estimate of drug-likeness (QED) is 0.423. The van der Waals surface area contributed by atoms with Crippen molar-refractivity contribution in [2.24, 2.45) is 10.7 Å². The van der Waals surface area contributed by atoms with E-state index in [1.807, 2.05) is 30.3 Å². The number of aliphatic imine (C=N–C) groups is 1. The van der Waals surface area contributed by atoms with E-state index in [2.05, 4.69) is 17.2 Å². The van der Waals surface area contributed by atoms with Gasteiger partial charge in [-0.2, -0.15) is 0 Å². The van der Waals surface area contributed by atoms with Gasteiger partial charge in [-0.05, 0) is 23.6 Å². The van der Waals surface area contributed by atoms with Crippen molar-refractivity contribution in [3.63, 3.8) is 0 Å². The third-order valence-corrected chi connectivity index (χ3v) is 3.26. The molecule has 0 radical (unpaired) electrons. The van der Waals surface area contributed by atoms with Crippen molar-refractivity contribution >= 4 is 29.9 Å². The molecule has 2 rings (SSSR count). The number of guanidine groups is 1. The molecule has 0 bridgehead atoms. The Balaban J connectivity index is 0.00000264. The van der Waals surface area contributed by atoms with Gasteiger partial charge in [0.25, 0.3) is 5.56 Å². The molecule has 2 aromatic rings. The van der Waals surface area contributed by atoms with E-state index >= 15 is 0 Å². The fourth-order valence-corrected chi connectivity index (χ4v) is 2.02. The highest BCUT2D eigenvalue weighted by Gasteiger charge is 1.98. The number of halogens is 1. The van der Waals surface area contributed by atoms with Gasteiger partial charge in [-0.3, -0.25) is 4.79 Å². The van der Waals surface area contributed by atoms with Gasteiger partial charge >= 0.3 is 0 Å². The summed E-state index contributed by atoms with van der Waals surface area (Å²) in [7, 11) is 0. The van der Waals surface area contributed by atoms with E-state index in [9.17, 15) is 4.79 Å². The largest absolute Gasteiger partial charge is 0.370 e. The van der Waals surface area contributed by atoms with E-state index in [4.69, 9.17) is 5.73 Å². The fraction of sp³-hybridized carbons (Fsp3) is 0.294. The molecule has 5 nitrogen and oxygen atoms in total. The monoisotopic (exact) mass is 426 g/mol. The average molecular weight is 426 g/mol. The molecule has 124 valence electrons. The van der Waals surface area contributed by atoms with Crippen LogP contribution in [0.25, 0.3) is 0 Å². The number of nitrogens with one attached hydrogen (secondary N) is 1. The topological polar surface area (TPSA) is 72.4 Å². The first-order valence-electron chi connectivity index (χ1n) is 7.46. The summed E-state index contributed by atoms with van der Waals surface area (Å²) >= 11 is 0. The van der Waals surface area contributed by atoms with Gasteiger partial charge in [0.2, 0.25) is 0 Å². The molecule has 0 amide bonds. The van der Waals surface area contributed by atoms with Crippen LogP contribution >= 0.6 is 24.0 Å². The lowest BCUT2D eigenvalue weighted by molar-refractivity contribution is 0.759. The third-order valence-electron chi connectivity index (χ3n) is 3.26. The smallest absolute Gasteiger partial charge is 0.250 e. The summed E-state index contributed by atoms with van der Waals surface area (Å²) in [5.41, 5.74) is 7.93. The van der Waals surface area contributed by atoms with E-state index in [0.717, 1.165) is 24.1 Å². The summed E-state index contributed by atoms with van der Waals surface area (Å²) in [6.45, 7) is 4.04. The van der Waals surface area contributed by atoms with Crippen LogP contribution in [0.3, 0.4) is 0 Å². The molecule has 1 aromatic carbocycles. The first-order valence-corrected chi connectivity index (χ1v) is 7.46. The molecule has 23 heavy (non-hydrogen) atoms. The Morgan fingerprint density at radius 2 is 1.87 bits per heavy atom. The Morgan fingerprint density at radius 1 is 1.17 bits per heavy atom. The number of hydrogen-bond donors (Lipinski definition) is 2. The van der Waals surface area contributed by atoms with Gasteiger partial charge in [0.1, 0.15) is 0 Å².